The predicted octanol–water partition coefficient (Wildman–Crippen LogP) is 6.28. The van der Waals surface area contributed by atoms with Gasteiger partial charge in [0.1, 0.15) is 11.4 Å². The first-order valence-electron chi connectivity index (χ1n) is 14.2. The highest BCUT2D eigenvalue weighted by atomic mass is 32.2. The van der Waals surface area contributed by atoms with Gasteiger partial charge in [-0.05, 0) is 79.1 Å². The Kier molecular flexibility index (Phi) is 7.90. The van der Waals surface area contributed by atoms with Crippen molar-refractivity contribution in [2.75, 3.05) is 41.9 Å². The summed E-state index contributed by atoms with van der Waals surface area (Å²) in [6, 6.07) is 27.9. The van der Waals surface area contributed by atoms with E-state index in [9.17, 15) is 17.6 Å². The standard InChI is InChI=1S/C34H32FN3O4S/c1-25-24-42-33-16-15-29(23-30(25)33)43(40,41)38(18-17-26-7-3-2-4-8-26)32-10-6-5-9-31(32)36-19-21-37(22-20-36)34(39)27-11-13-28(35)14-12-27/h2-16,23-24H,17-22H2,1H3. The zero-order valence-corrected chi connectivity index (χ0v) is 24.6. The average Bonchev–Trinajstić information content (AvgIpc) is 3.41. The number of piperazine rings is 1. The summed E-state index contributed by atoms with van der Waals surface area (Å²) in [7, 11) is -3.97. The number of hydrogen-bond donors (Lipinski definition) is 0. The molecule has 4 aromatic carbocycles. The van der Waals surface area contributed by atoms with Crippen molar-refractivity contribution in [1.82, 2.24) is 4.90 Å². The lowest BCUT2D eigenvalue weighted by Crippen LogP contribution is -2.49. The summed E-state index contributed by atoms with van der Waals surface area (Å²) in [5.41, 5.74) is 4.36. The third kappa shape index (κ3) is 5.85. The molecule has 1 amide bonds. The minimum Gasteiger partial charge on any atom is -0.464 e. The molecule has 2 heterocycles. The minimum absolute atomic E-state index is 0.148. The smallest absolute Gasteiger partial charge is 0.264 e. The molecular weight excluding hydrogens is 565 g/mol. The Morgan fingerprint density at radius 1 is 0.884 bits per heavy atom. The van der Waals surface area contributed by atoms with E-state index in [2.05, 4.69) is 4.90 Å². The van der Waals surface area contributed by atoms with E-state index in [0.717, 1.165) is 22.2 Å². The number of halogens is 1. The second kappa shape index (κ2) is 11.9. The van der Waals surface area contributed by atoms with Crippen LogP contribution in [0, 0.1) is 12.7 Å². The van der Waals surface area contributed by atoms with Crippen molar-refractivity contribution in [3.05, 3.63) is 126 Å². The molecular formula is C34H32FN3O4S. The van der Waals surface area contributed by atoms with Crippen LogP contribution < -0.4 is 9.21 Å². The molecule has 1 aliphatic heterocycles. The van der Waals surface area contributed by atoms with Gasteiger partial charge in [-0.25, -0.2) is 12.8 Å². The summed E-state index contributed by atoms with van der Waals surface area (Å²) in [4.78, 5) is 17.1. The summed E-state index contributed by atoms with van der Waals surface area (Å²) >= 11 is 0. The lowest BCUT2D eigenvalue weighted by Gasteiger charge is -2.38. The van der Waals surface area contributed by atoms with E-state index >= 15 is 0 Å². The fourth-order valence-corrected chi connectivity index (χ4v) is 7.04. The number of carbonyl (C=O) groups is 1. The van der Waals surface area contributed by atoms with Crippen molar-refractivity contribution in [1.29, 1.82) is 0 Å². The van der Waals surface area contributed by atoms with Crippen LogP contribution in [0.5, 0.6) is 0 Å². The first-order chi connectivity index (χ1) is 20.8. The fourth-order valence-electron chi connectivity index (χ4n) is 5.54. The third-order valence-electron chi connectivity index (χ3n) is 7.92. The van der Waals surface area contributed by atoms with E-state index < -0.39 is 10.0 Å². The van der Waals surface area contributed by atoms with E-state index in [-0.39, 0.29) is 23.2 Å². The summed E-state index contributed by atoms with van der Waals surface area (Å²) in [5.74, 6) is -0.533. The predicted molar refractivity (Wildman–Crippen MR) is 167 cm³/mol. The summed E-state index contributed by atoms with van der Waals surface area (Å²) in [6.07, 6.45) is 2.16. The number of aryl methyl sites for hydroxylation is 1. The van der Waals surface area contributed by atoms with Crippen LogP contribution in [-0.4, -0.2) is 51.9 Å². The highest BCUT2D eigenvalue weighted by Crippen LogP contribution is 2.35. The van der Waals surface area contributed by atoms with Gasteiger partial charge in [-0.15, -0.1) is 0 Å². The van der Waals surface area contributed by atoms with Crippen molar-refractivity contribution < 1.29 is 22.0 Å². The molecule has 0 saturated carbocycles. The molecule has 1 aliphatic rings. The van der Waals surface area contributed by atoms with Gasteiger partial charge in [0.05, 0.1) is 22.5 Å². The largest absolute Gasteiger partial charge is 0.464 e. The van der Waals surface area contributed by atoms with Crippen molar-refractivity contribution >= 4 is 38.3 Å². The molecule has 9 heteroatoms. The van der Waals surface area contributed by atoms with Gasteiger partial charge in [0.25, 0.3) is 15.9 Å². The maximum absolute atomic E-state index is 14.4. The molecule has 6 rings (SSSR count). The van der Waals surface area contributed by atoms with Crippen LogP contribution in [0.3, 0.4) is 0 Å². The average molecular weight is 598 g/mol. The van der Waals surface area contributed by atoms with E-state index in [1.807, 2.05) is 61.5 Å². The molecule has 1 aromatic heterocycles. The summed E-state index contributed by atoms with van der Waals surface area (Å²) < 4.78 is 49.2. The Hall–Kier alpha value is -4.63. The Morgan fingerprint density at radius 3 is 2.33 bits per heavy atom. The first kappa shape index (κ1) is 28.5. The SMILES string of the molecule is Cc1coc2ccc(S(=O)(=O)N(CCc3ccccc3)c3ccccc3N3CCN(C(=O)c4ccc(F)cc4)CC3)cc12. The monoisotopic (exact) mass is 597 g/mol. The highest BCUT2D eigenvalue weighted by molar-refractivity contribution is 7.92. The van der Waals surface area contributed by atoms with Gasteiger partial charge >= 0.3 is 0 Å². The second-order valence-electron chi connectivity index (χ2n) is 10.7. The van der Waals surface area contributed by atoms with E-state index in [1.54, 1.807) is 29.4 Å². The Morgan fingerprint density at radius 2 is 1.58 bits per heavy atom. The van der Waals surface area contributed by atoms with Crippen LogP contribution in [0.15, 0.2) is 113 Å². The first-order valence-corrected chi connectivity index (χ1v) is 15.7. The number of hydrogen-bond acceptors (Lipinski definition) is 5. The molecule has 0 unspecified atom stereocenters. The molecule has 43 heavy (non-hydrogen) atoms. The topological polar surface area (TPSA) is 74.1 Å². The zero-order chi connectivity index (χ0) is 30.0. The van der Waals surface area contributed by atoms with E-state index in [4.69, 9.17) is 4.42 Å². The number of sulfonamides is 1. The van der Waals surface area contributed by atoms with Crippen molar-refractivity contribution in [3.63, 3.8) is 0 Å². The van der Waals surface area contributed by atoms with Gasteiger partial charge in [-0.1, -0.05) is 42.5 Å². The molecule has 0 atom stereocenters. The third-order valence-corrected chi connectivity index (χ3v) is 9.73. The molecule has 220 valence electrons. The van der Waals surface area contributed by atoms with Crippen LogP contribution >= 0.6 is 0 Å². The Balaban J connectivity index is 1.31. The number of anilines is 2. The maximum Gasteiger partial charge on any atom is 0.264 e. The maximum atomic E-state index is 14.4. The van der Waals surface area contributed by atoms with Crippen molar-refractivity contribution in [3.8, 4) is 0 Å². The zero-order valence-electron chi connectivity index (χ0n) is 23.8. The molecule has 1 fully saturated rings. The van der Waals surface area contributed by atoms with Crippen LogP contribution in [0.2, 0.25) is 0 Å². The van der Waals surface area contributed by atoms with Crippen molar-refractivity contribution in [2.45, 2.75) is 18.2 Å². The number of nitrogens with zero attached hydrogens (tertiary/aromatic N) is 3. The number of benzene rings is 4. The van der Waals surface area contributed by atoms with Gasteiger partial charge < -0.3 is 14.2 Å². The lowest BCUT2D eigenvalue weighted by molar-refractivity contribution is 0.0746. The molecule has 7 nitrogen and oxygen atoms in total. The minimum atomic E-state index is -3.97. The molecule has 0 radical (unpaired) electrons. The number of amides is 1. The van der Waals surface area contributed by atoms with Gasteiger partial charge in [0, 0.05) is 43.7 Å². The quantitative estimate of drug-likeness (QED) is 0.211. The number of furan rings is 1. The fraction of sp³-hybridized carbons (Fsp3) is 0.206. The Labute approximate surface area is 250 Å². The molecule has 0 N–H and O–H groups in total. The highest BCUT2D eigenvalue weighted by Gasteiger charge is 2.30. The van der Waals surface area contributed by atoms with Gasteiger partial charge in [0.15, 0.2) is 0 Å². The molecule has 0 bridgehead atoms. The van der Waals surface area contributed by atoms with Crippen molar-refractivity contribution in [2.24, 2.45) is 0 Å². The number of rotatable bonds is 8. The Bertz CT molecular complexity index is 1850. The van der Waals surface area contributed by atoms with Crippen LogP contribution in [0.4, 0.5) is 15.8 Å². The molecule has 5 aromatic rings. The van der Waals surface area contributed by atoms with Gasteiger partial charge in [0.2, 0.25) is 0 Å². The number of fused-ring (bicyclic) bond motifs is 1. The van der Waals surface area contributed by atoms with Gasteiger partial charge in [-0.3, -0.25) is 9.10 Å². The van der Waals surface area contributed by atoms with E-state index in [0.29, 0.717) is 49.4 Å². The van der Waals surface area contributed by atoms with Gasteiger partial charge in [-0.2, -0.15) is 0 Å². The summed E-state index contributed by atoms with van der Waals surface area (Å²) in [6.45, 7) is 4.10. The van der Waals surface area contributed by atoms with E-state index in [1.165, 1.54) is 28.6 Å². The lowest BCUT2D eigenvalue weighted by atomic mass is 10.1. The molecule has 0 aliphatic carbocycles. The van der Waals surface area contributed by atoms with Crippen LogP contribution in [-0.2, 0) is 16.4 Å². The summed E-state index contributed by atoms with van der Waals surface area (Å²) in [5, 5.41) is 0.763. The molecule has 0 spiro atoms. The van der Waals surface area contributed by atoms with Crippen LogP contribution in [0.1, 0.15) is 21.5 Å². The second-order valence-corrected chi connectivity index (χ2v) is 12.5. The molecule has 1 saturated heterocycles. The van der Waals surface area contributed by atoms with Crippen LogP contribution in [0.25, 0.3) is 11.0 Å². The number of carbonyl (C=O) groups excluding carboxylic acids is 1. The number of para-hydroxylation sites is 2. The normalized spacial score (nSPS) is 13.8.